The fourth-order valence-electron chi connectivity index (χ4n) is 3.38. The van der Waals surface area contributed by atoms with E-state index in [0.717, 1.165) is 24.3 Å². The van der Waals surface area contributed by atoms with Crippen molar-refractivity contribution >= 4 is 11.6 Å². The molecule has 0 fully saturated rings. The summed E-state index contributed by atoms with van der Waals surface area (Å²) in [5, 5.41) is 7.02. The lowest BCUT2D eigenvalue weighted by Gasteiger charge is -2.10. The molecule has 1 heterocycles. The number of nitrogens with zero attached hydrogens (tertiary/aromatic N) is 3. The number of amides is 1. The highest BCUT2D eigenvalue weighted by atomic mass is 19.4. The third-order valence-corrected chi connectivity index (χ3v) is 5.18. The van der Waals surface area contributed by atoms with E-state index in [1.165, 1.54) is 16.8 Å². The standard InChI is InChI=1S/C26H22F4N4O3/c1-2-36-14-15-37-25-32-23(18-4-3-5-20(27)16-18)34(33-25)22-12-10-21(11-13-22)31-24(35)17-6-8-19(9-7-17)26(28,29)30/h3-13,16H,2,14-15H2,1H3,(H,31,35). The molecular weight excluding hydrogens is 492 g/mol. The summed E-state index contributed by atoms with van der Waals surface area (Å²) in [5.41, 5.74) is 0.687. The average molecular weight is 514 g/mol. The Hall–Kier alpha value is -4.25. The zero-order valence-electron chi connectivity index (χ0n) is 19.6. The van der Waals surface area contributed by atoms with Gasteiger partial charge in [-0.25, -0.2) is 9.07 Å². The summed E-state index contributed by atoms with van der Waals surface area (Å²) in [7, 11) is 0. The Kier molecular flexibility index (Phi) is 7.83. The molecule has 0 atom stereocenters. The second-order valence-corrected chi connectivity index (χ2v) is 7.76. The number of aromatic nitrogens is 3. The summed E-state index contributed by atoms with van der Waals surface area (Å²) in [4.78, 5) is 16.9. The molecule has 1 aromatic heterocycles. The number of benzene rings is 3. The highest BCUT2D eigenvalue weighted by Crippen LogP contribution is 2.29. The Balaban J connectivity index is 1.54. The van der Waals surface area contributed by atoms with Crippen LogP contribution in [0.4, 0.5) is 23.2 Å². The quantitative estimate of drug-likeness (QED) is 0.227. The summed E-state index contributed by atoms with van der Waals surface area (Å²) in [5.74, 6) is -0.660. The van der Waals surface area contributed by atoms with Gasteiger partial charge in [0.15, 0.2) is 5.82 Å². The summed E-state index contributed by atoms with van der Waals surface area (Å²) in [6.45, 7) is 3.00. The molecule has 1 amide bonds. The van der Waals surface area contributed by atoms with E-state index < -0.39 is 23.5 Å². The van der Waals surface area contributed by atoms with Gasteiger partial charge >= 0.3 is 12.2 Å². The fraction of sp³-hybridized carbons (Fsp3) is 0.192. The van der Waals surface area contributed by atoms with Gasteiger partial charge in [-0.2, -0.15) is 18.2 Å². The first-order chi connectivity index (χ1) is 17.7. The topological polar surface area (TPSA) is 78.3 Å². The molecule has 3 aromatic carbocycles. The molecule has 0 unspecified atom stereocenters. The van der Waals surface area contributed by atoms with Crippen LogP contribution in [0.2, 0.25) is 0 Å². The molecule has 37 heavy (non-hydrogen) atoms. The van der Waals surface area contributed by atoms with Gasteiger partial charge in [0.25, 0.3) is 5.91 Å². The highest BCUT2D eigenvalue weighted by molar-refractivity contribution is 6.04. The molecule has 0 radical (unpaired) electrons. The number of halogens is 4. The molecule has 0 spiro atoms. The number of rotatable bonds is 9. The second kappa shape index (κ2) is 11.2. The van der Waals surface area contributed by atoms with Gasteiger partial charge in [0.2, 0.25) is 0 Å². The Bertz CT molecular complexity index is 1350. The van der Waals surface area contributed by atoms with Crippen molar-refractivity contribution in [2.24, 2.45) is 0 Å². The Morgan fingerprint density at radius 2 is 1.73 bits per heavy atom. The minimum absolute atomic E-state index is 0.0792. The normalized spacial score (nSPS) is 11.4. The number of alkyl halides is 3. The van der Waals surface area contributed by atoms with E-state index in [1.807, 2.05) is 6.92 Å². The van der Waals surface area contributed by atoms with Crippen LogP contribution in [0.5, 0.6) is 6.01 Å². The largest absolute Gasteiger partial charge is 0.460 e. The van der Waals surface area contributed by atoms with E-state index in [4.69, 9.17) is 9.47 Å². The van der Waals surface area contributed by atoms with Crippen LogP contribution in [-0.4, -0.2) is 40.5 Å². The summed E-state index contributed by atoms with van der Waals surface area (Å²) in [6, 6.07) is 16.4. The number of hydrogen-bond acceptors (Lipinski definition) is 5. The van der Waals surface area contributed by atoms with Gasteiger partial charge < -0.3 is 14.8 Å². The van der Waals surface area contributed by atoms with Crippen LogP contribution >= 0.6 is 0 Å². The van der Waals surface area contributed by atoms with Crippen LogP contribution in [0.3, 0.4) is 0 Å². The molecule has 0 aliphatic heterocycles. The Morgan fingerprint density at radius 3 is 2.38 bits per heavy atom. The van der Waals surface area contributed by atoms with Gasteiger partial charge in [-0.1, -0.05) is 12.1 Å². The lowest BCUT2D eigenvalue weighted by Crippen LogP contribution is -2.13. The predicted octanol–water partition coefficient (Wildman–Crippen LogP) is 5.76. The monoisotopic (exact) mass is 514 g/mol. The lowest BCUT2D eigenvalue weighted by molar-refractivity contribution is -0.137. The SMILES string of the molecule is CCOCCOc1nc(-c2cccc(F)c2)n(-c2ccc(NC(=O)c3ccc(C(F)(F)F)cc3)cc2)n1. The number of nitrogens with one attached hydrogen (secondary N) is 1. The number of carbonyl (C=O) groups is 1. The van der Waals surface area contributed by atoms with Gasteiger partial charge in [0.05, 0.1) is 17.9 Å². The summed E-state index contributed by atoms with van der Waals surface area (Å²) < 4.78 is 64.4. The summed E-state index contributed by atoms with van der Waals surface area (Å²) in [6.07, 6.45) is -4.48. The van der Waals surface area contributed by atoms with Crippen LogP contribution in [-0.2, 0) is 10.9 Å². The molecule has 0 saturated heterocycles. The lowest BCUT2D eigenvalue weighted by atomic mass is 10.1. The van der Waals surface area contributed by atoms with Crippen molar-refractivity contribution in [3.8, 4) is 23.1 Å². The molecule has 1 N–H and O–H groups in total. The maximum absolute atomic E-state index is 13.9. The minimum Gasteiger partial charge on any atom is -0.460 e. The fourth-order valence-corrected chi connectivity index (χ4v) is 3.38. The second-order valence-electron chi connectivity index (χ2n) is 7.76. The zero-order valence-corrected chi connectivity index (χ0v) is 19.6. The average Bonchev–Trinajstić information content (AvgIpc) is 3.31. The molecule has 11 heteroatoms. The van der Waals surface area contributed by atoms with Crippen LogP contribution in [0.15, 0.2) is 72.8 Å². The molecule has 0 aliphatic carbocycles. The maximum atomic E-state index is 13.9. The number of hydrogen-bond donors (Lipinski definition) is 1. The number of anilines is 1. The van der Waals surface area contributed by atoms with Crippen LogP contribution in [0, 0.1) is 5.82 Å². The van der Waals surface area contributed by atoms with E-state index in [1.54, 1.807) is 36.4 Å². The maximum Gasteiger partial charge on any atom is 0.416 e. The first-order valence-corrected chi connectivity index (χ1v) is 11.3. The highest BCUT2D eigenvalue weighted by Gasteiger charge is 2.30. The van der Waals surface area contributed by atoms with E-state index in [2.05, 4.69) is 15.4 Å². The smallest absolute Gasteiger partial charge is 0.416 e. The first kappa shape index (κ1) is 25.8. The van der Waals surface area contributed by atoms with E-state index >= 15 is 0 Å². The van der Waals surface area contributed by atoms with Gasteiger partial charge in [-0.15, -0.1) is 5.10 Å². The molecule has 0 bridgehead atoms. The van der Waals surface area contributed by atoms with Crippen LogP contribution in [0.25, 0.3) is 17.1 Å². The van der Waals surface area contributed by atoms with E-state index in [9.17, 15) is 22.4 Å². The third kappa shape index (κ3) is 6.50. The van der Waals surface area contributed by atoms with Crippen molar-refractivity contribution in [3.63, 3.8) is 0 Å². The van der Waals surface area contributed by atoms with Crippen molar-refractivity contribution in [1.29, 1.82) is 0 Å². The molecule has 192 valence electrons. The van der Waals surface area contributed by atoms with Crippen LogP contribution < -0.4 is 10.1 Å². The molecule has 0 aliphatic rings. The van der Waals surface area contributed by atoms with Gasteiger partial charge in [0, 0.05) is 23.4 Å². The van der Waals surface area contributed by atoms with E-state index in [0.29, 0.717) is 36.0 Å². The van der Waals surface area contributed by atoms with E-state index in [-0.39, 0.29) is 18.2 Å². The van der Waals surface area contributed by atoms with Crippen molar-refractivity contribution in [3.05, 3.63) is 89.7 Å². The molecule has 0 saturated carbocycles. The van der Waals surface area contributed by atoms with Crippen molar-refractivity contribution in [1.82, 2.24) is 14.8 Å². The Morgan fingerprint density at radius 1 is 1.00 bits per heavy atom. The molecule has 4 aromatic rings. The molecule has 7 nitrogen and oxygen atoms in total. The van der Waals surface area contributed by atoms with Crippen molar-refractivity contribution in [2.75, 3.05) is 25.1 Å². The third-order valence-electron chi connectivity index (χ3n) is 5.18. The van der Waals surface area contributed by atoms with Crippen molar-refractivity contribution < 1.29 is 31.8 Å². The predicted molar refractivity (Wildman–Crippen MR) is 128 cm³/mol. The van der Waals surface area contributed by atoms with Gasteiger partial charge in [-0.05, 0) is 67.6 Å². The Labute approximate surface area is 209 Å². The molecular formula is C26H22F4N4O3. The van der Waals surface area contributed by atoms with Gasteiger partial charge in [0.1, 0.15) is 12.4 Å². The zero-order chi connectivity index (χ0) is 26.4. The summed E-state index contributed by atoms with van der Waals surface area (Å²) >= 11 is 0. The van der Waals surface area contributed by atoms with Crippen molar-refractivity contribution in [2.45, 2.75) is 13.1 Å². The van der Waals surface area contributed by atoms with Crippen LogP contribution in [0.1, 0.15) is 22.8 Å². The number of carbonyl (C=O) groups excluding carboxylic acids is 1. The minimum atomic E-state index is -4.48. The van der Waals surface area contributed by atoms with Gasteiger partial charge in [-0.3, -0.25) is 4.79 Å². The molecule has 4 rings (SSSR count). The first-order valence-electron chi connectivity index (χ1n) is 11.3. The number of ether oxygens (including phenoxy) is 2.